The first-order valence-corrected chi connectivity index (χ1v) is 10.5. The van der Waals surface area contributed by atoms with Gasteiger partial charge in [0.2, 0.25) is 0 Å². The normalized spacial score (nSPS) is 15.9. The third-order valence-corrected chi connectivity index (χ3v) is 6.36. The van der Waals surface area contributed by atoms with Crippen molar-refractivity contribution in [3.63, 3.8) is 0 Å². The highest BCUT2D eigenvalue weighted by Gasteiger charge is 2.40. The summed E-state index contributed by atoms with van der Waals surface area (Å²) in [6, 6.07) is 9.48. The van der Waals surface area contributed by atoms with E-state index in [-0.39, 0.29) is 5.69 Å². The van der Waals surface area contributed by atoms with Crippen LogP contribution in [0.3, 0.4) is 0 Å². The molecular formula is C21H19F3N4O2S. The molecule has 6 nitrogen and oxygen atoms in total. The maximum Gasteiger partial charge on any atom is 0.434 e. The molecule has 31 heavy (non-hydrogen) atoms. The zero-order valence-electron chi connectivity index (χ0n) is 16.5. The van der Waals surface area contributed by atoms with E-state index in [9.17, 15) is 22.8 Å². The quantitative estimate of drug-likeness (QED) is 0.591. The van der Waals surface area contributed by atoms with E-state index in [0.717, 1.165) is 35.9 Å². The Morgan fingerprint density at radius 2 is 1.87 bits per heavy atom. The number of carbonyl (C=O) groups is 2. The first-order valence-electron chi connectivity index (χ1n) is 9.67. The second kappa shape index (κ2) is 8.18. The molecule has 0 bridgehead atoms. The van der Waals surface area contributed by atoms with Crippen LogP contribution >= 0.6 is 11.3 Å². The highest BCUT2D eigenvalue weighted by atomic mass is 32.1. The summed E-state index contributed by atoms with van der Waals surface area (Å²) in [6.45, 7) is 2.15. The van der Waals surface area contributed by atoms with Gasteiger partial charge in [0.15, 0.2) is 5.69 Å². The van der Waals surface area contributed by atoms with Crippen LogP contribution in [0, 0.1) is 5.92 Å². The molecule has 3 aromatic rings. The van der Waals surface area contributed by atoms with Gasteiger partial charge in [0, 0.05) is 4.88 Å². The zero-order valence-corrected chi connectivity index (χ0v) is 17.3. The van der Waals surface area contributed by atoms with Crippen LogP contribution in [0.4, 0.5) is 13.2 Å². The number of hydrazine groups is 1. The minimum Gasteiger partial charge on any atom is -0.267 e. The van der Waals surface area contributed by atoms with Crippen LogP contribution in [0.15, 0.2) is 42.6 Å². The molecule has 10 heteroatoms. The average Bonchev–Trinajstić information content (AvgIpc) is 3.36. The van der Waals surface area contributed by atoms with Crippen molar-refractivity contribution < 1.29 is 22.8 Å². The van der Waals surface area contributed by atoms with Crippen molar-refractivity contribution in [1.29, 1.82) is 0 Å². The summed E-state index contributed by atoms with van der Waals surface area (Å²) in [6.07, 6.45) is -1.15. The molecule has 0 radical (unpaired) electrons. The minimum atomic E-state index is -4.83. The maximum atomic E-state index is 13.7. The largest absolute Gasteiger partial charge is 0.434 e. The second-order valence-electron chi connectivity index (χ2n) is 7.47. The zero-order chi connectivity index (χ0) is 22.2. The molecule has 2 heterocycles. The third-order valence-electron chi connectivity index (χ3n) is 5.13. The number of hydrogen-bond acceptors (Lipinski definition) is 4. The van der Waals surface area contributed by atoms with Gasteiger partial charge in [-0.15, -0.1) is 11.3 Å². The Labute approximate surface area is 180 Å². The van der Waals surface area contributed by atoms with Crippen LogP contribution in [0.2, 0.25) is 0 Å². The van der Waals surface area contributed by atoms with E-state index >= 15 is 0 Å². The summed E-state index contributed by atoms with van der Waals surface area (Å²) in [5.41, 5.74) is 3.67. The summed E-state index contributed by atoms with van der Waals surface area (Å²) >= 11 is 1.34. The van der Waals surface area contributed by atoms with E-state index in [4.69, 9.17) is 0 Å². The van der Waals surface area contributed by atoms with Crippen molar-refractivity contribution in [2.45, 2.75) is 32.4 Å². The molecule has 0 saturated carbocycles. The van der Waals surface area contributed by atoms with E-state index < -0.39 is 29.2 Å². The van der Waals surface area contributed by atoms with Gasteiger partial charge in [-0.05, 0) is 48.9 Å². The third kappa shape index (κ3) is 4.34. The number of benzene rings is 1. The number of carbonyl (C=O) groups excluding carboxylic acids is 2. The van der Waals surface area contributed by atoms with E-state index in [0.29, 0.717) is 15.5 Å². The smallest absolute Gasteiger partial charge is 0.267 e. The van der Waals surface area contributed by atoms with Gasteiger partial charge in [-0.3, -0.25) is 20.4 Å². The Hall–Kier alpha value is -3.14. The lowest BCUT2D eigenvalue weighted by atomic mass is 9.90. The highest BCUT2D eigenvalue weighted by Crippen LogP contribution is 2.34. The number of rotatable bonds is 3. The van der Waals surface area contributed by atoms with Crippen molar-refractivity contribution in [2.24, 2.45) is 5.92 Å². The van der Waals surface area contributed by atoms with E-state index in [1.807, 2.05) is 0 Å². The molecule has 0 unspecified atom stereocenters. The fourth-order valence-electron chi connectivity index (χ4n) is 3.61. The molecule has 2 aromatic heterocycles. The number of fused-ring (bicyclic) bond motifs is 1. The van der Waals surface area contributed by atoms with Crippen LogP contribution in [0.1, 0.15) is 49.5 Å². The monoisotopic (exact) mass is 448 g/mol. The van der Waals surface area contributed by atoms with Gasteiger partial charge in [0.1, 0.15) is 0 Å². The first-order chi connectivity index (χ1) is 14.7. The molecule has 1 atom stereocenters. The summed E-state index contributed by atoms with van der Waals surface area (Å²) < 4.78 is 41.7. The van der Waals surface area contributed by atoms with Gasteiger partial charge < -0.3 is 0 Å². The molecule has 2 N–H and O–H groups in total. The molecule has 1 aliphatic rings. The lowest BCUT2D eigenvalue weighted by molar-refractivity contribution is -0.143. The van der Waals surface area contributed by atoms with E-state index in [2.05, 4.69) is 22.9 Å². The van der Waals surface area contributed by atoms with Gasteiger partial charge in [-0.1, -0.05) is 25.1 Å². The Morgan fingerprint density at radius 3 is 2.58 bits per heavy atom. The molecule has 2 amide bonds. The van der Waals surface area contributed by atoms with E-state index in [1.165, 1.54) is 23.5 Å². The van der Waals surface area contributed by atoms with Crippen molar-refractivity contribution in [1.82, 2.24) is 20.6 Å². The fourth-order valence-corrected chi connectivity index (χ4v) is 4.72. The number of nitrogens with one attached hydrogen (secondary N) is 2. The molecule has 1 aromatic carbocycles. The SMILES string of the molecule is C[C@@H]1CCc2sc(C(=O)NNC(=O)c3cnn(-c4ccccc4)c3C(F)(F)F)cc2C1. The number of aryl methyl sites for hydroxylation is 1. The summed E-state index contributed by atoms with van der Waals surface area (Å²) in [4.78, 5) is 26.4. The number of alkyl halides is 3. The lowest BCUT2D eigenvalue weighted by Crippen LogP contribution is -2.42. The maximum absolute atomic E-state index is 13.7. The lowest BCUT2D eigenvalue weighted by Gasteiger charge is -2.16. The van der Waals surface area contributed by atoms with Crippen LogP contribution in [0.5, 0.6) is 0 Å². The van der Waals surface area contributed by atoms with Gasteiger partial charge in [0.05, 0.1) is 22.3 Å². The van der Waals surface area contributed by atoms with Crippen molar-refractivity contribution >= 4 is 23.2 Å². The van der Waals surface area contributed by atoms with Gasteiger partial charge in [-0.2, -0.15) is 18.3 Å². The molecule has 1 aliphatic carbocycles. The molecule has 0 saturated heterocycles. The van der Waals surface area contributed by atoms with Crippen LogP contribution in [0.25, 0.3) is 5.69 Å². The number of para-hydroxylation sites is 1. The molecular weight excluding hydrogens is 429 g/mol. The number of nitrogens with zero attached hydrogens (tertiary/aromatic N) is 2. The molecule has 0 fully saturated rings. The number of hydrogen-bond donors (Lipinski definition) is 2. The van der Waals surface area contributed by atoms with Crippen molar-refractivity contribution in [2.75, 3.05) is 0 Å². The number of thiophene rings is 1. The fraction of sp³-hybridized carbons (Fsp3) is 0.286. The summed E-state index contributed by atoms with van der Waals surface area (Å²) in [7, 11) is 0. The molecule has 4 rings (SSSR count). The summed E-state index contributed by atoms with van der Waals surface area (Å²) in [5.74, 6) is -1.12. The van der Waals surface area contributed by atoms with Crippen LogP contribution in [-0.2, 0) is 19.0 Å². The predicted octanol–water partition coefficient (Wildman–Crippen LogP) is 4.15. The van der Waals surface area contributed by atoms with Crippen molar-refractivity contribution in [3.8, 4) is 5.69 Å². The predicted molar refractivity (Wildman–Crippen MR) is 109 cm³/mol. The van der Waals surface area contributed by atoms with Crippen molar-refractivity contribution in [3.05, 3.63) is 69.2 Å². The standard InChI is InChI=1S/C21H19F3N4O2S/c1-12-7-8-16-13(9-12)10-17(31-16)20(30)27-26-19(29)15-11-25-28(18(15)21(22,23)24)14-5-3-2-4-6-14/h2-6,10-12H,7-9H2,1H3,(H,26,29)(H,27,30)/t12-/m1/s1. The second-order valence-corrected chi connectivity index (χ2v) is 8.60. The number of amides is 2. The number of halogens is 3. The highest BCUT2D eigenvalue weighted by molar-refractivity contribution is 7.14. The van der Waals surface area contributed by atoms with Gasteiger partial charge >= 0.3 is 6.18 Å². The van der Waals surface area contributed by atoms with Gasteiger partial charge in [-0.25, -0.2) is 4.68 Å². The minimum absolute atomic E-state index is 0.163. The Kier molecular flexibility index (Phi) is 5.57. The number of aromatic nitrogens is 2. The molecule has 0 spiro atoms. The Bertz CT molecular complexity index is 1120. The molecule has 162 valence electrons. The van der Waals surface area contributed by atoms with Crippen LogP contribution < -0.4 is 10.9 Å². The van der Waals surface area contributed by atoms with Gasteiger partial charge in [0.25, 0.3) is 11.8 Å². The summed E-state index contributed by atoms with van der Waals surface area (Å²) in [5, 5.41) is 3.74. The molecule has 0 aliphatic heterocycles. The first kappa shape index (κ1) is 21.1. The van der Waals surface area contributed by atoms with Crippen LogP contribution in [-0.4, -0.2) is 21.6 Å². The van der Waals surface area contributed by atoms with E-state index in [1.54, 1.807) is 24.3 Å². The Balaban J connectivity index is 1.51. The average molecular weight is 448 g/mol. The Morgan fingerprint density at radius 1 is 1.16 bits per heavy atom. The topological polar surface area (TPSA) is 76.0 Å².